The Morgan fingerprint density at radius 1 is 0.134 bits per heavy atom. The van der Waals surface area contributed by atoms with Gasteiger partial charge in [-0.3, -0.25) is 0 Å². The summed E-state index contributed by atoms with van der Waals surface area (Å²) in [5.41, 5.74) is 23.6. The van der Waals surface area contributed by atoms with Gasteiger partial charge in [0.05, 0.1) is 22.8 Å². The van der Waals surface area contributed by atoms with Gasteiger partial charge in [0, 0.05) is 114 Å². The Morgan fingerprint density at radius 3 is 0.741 bits per heavy atom. The first kappa shape index (κ1) is 66.7. The fourth-order valence-corrected chi connectivity index (χ4v) is 20.1. The molecule has 0 fully saturated rings. The average molecular weight is 1500 g/mol. The Kier molecular flexibility index (Phi) is 17.0. The number of aromatic nitrogens is 4. The predicted molar refractivity (Wildman–Crippen MR) is 481 cm³/mol. The molecule has 0 aliphatic rings. The molecule has 4 nitrogen and oxygen atoms in total. The predicted octanol–water partition coefficient (Wildman–Crippen LogP) is 30.4. The first-order chi connectivity index (χ1) is 55.4. The average Bonchev–Trinajstić information content (AvgIpc) is 1.31. The molecule has 16 aromatic carbocycles. The highest BCUT2D eigenvalue weighted by Gasteiger charge is 2.22. The second-order valence-corrected chi connectivity index (χ2v) is 32.6. The van der Waals surface area contributed by atoms with Crippen LogP contribution in [0.25, 0.3) is 215 Å². The lowest BCUT2D eigenvalue weighted by molar-refractivity contribution is 1.18. The van der Waals surface area contributed by atoms with Crippen LogP contribution in [0.15, 0.2) is 388 Å². The number of hydrogen-bond donors (Lipinski definition) is 0. The number of thiophene rings is 4. The number of nitrogens with zero attached hydrogens (tertiary/aromatic N) is 4. The Hall–Kier alpha value is -13.4. The third kappa shape index (κ3) is 12.6. The van der Waals surface area contributed by atoms with Crippen LogP contribution in [-0.2, 0) is 0 Å². The molecular weight excluding hydrogens is 1430 g/mol. The van der Waals surface area contributed by atoms with Gasteiger partial charge in [-0.05, 0) is 170 Å². The van der Waals surface area contributed by atoms with E-state index >= 15 is 0 Å². The van der Waals surface area contributed by atoms with Gasteiger partial charge in [0.25, 0.3) is 0 Å². The van der Waals surface area contributed by atoms with E-state index in [4.69, 9.17) is 19.9 Å². The standard InChI is InChI=1S/2C52H32N2S2/c1-3-11-33(12-4-1)34-19-21-36(22-20-34)47-32-46(35-13-5-2-6-14-35)53-52(54-47)45-30-37(38-24-27-50-43(29-38)41-15-7-9-17-48(41)55-50)23-26-40(45)39-25-28-51-44(31-39)42-16-8-10-18-49(42)56-51;1-3-11-33(12-4-1)34-19-21-36(22-20-34)47-32-46(35-13-5-2-6-14-35)53-52(54-47)42-26-23-37(38-24-27-50-44(30-38)40-15-7-9-17-48(40)55-50)29-43(42)39-25-28-51-45(31-39)41-16-8-10-18-49(41)56-51/h2*1-32H. The number of benzene rings is 16. The molecule has 8 heteroatoms. The summed E-state index contributed by atoms with van der Waals surface area (Å²) < 4.78 is 10.4. The minimum Gasteiger partial charge on any atom is -0.228 e. The molecule has 0 saturated heterocycles. The lowest BCUT2D eigenvalue weighted by Crippen LogP contribution is -1.98. The normalized spacial score (nSPS) is 11.6. The molecule has 0 saturated carbocycles. The van der Waals surface area contributed by atoms with Gasteiger partial charge in [-0.15, -0.1) is 45.3 Å². The monoisotopic (exact) mass is 1500 g/mol. The number of rotatable bonds is 12. The first-order valence-electron chi connectivity index (χ1n) is 37.6. The maximum Gasteiger partial charge on any atom is 0.161 e. The molecule has 0 unspecified atom stereocenters. The minimum absolute atomic E-state index is 0.697. The summed E-state index contributed by atoms with van der Waals surface area (Å²) in [5, 5.41) is 10.3. The fourth-order valence-electron chi connectivity index (χ4n) is 15.8. The minimum atomic E-state index is 0.697. The second-order valence-electron chi connectivity index (χ2n) is 28.3. The van der Waals surface area contributed by atoms with Gasteiger partial charge in [-0.1, -0.05) is 285 Å². The molecule has 22 aromatic rings. The maximum atomic E-state index is 5.40. The van der Waals surface area contributed by atoms with E-state index in [0.29, 0.717) is 11.6 Å². The van der Waals surface area contributed by atoms with Gasteiger partial charge in [-0.2, -0.15) is 0 Å². The largest absolute Gasteiger partial charge is 0.228 e. The Labute approximate surface area is 663 Å². The van der Waals surface area contributed by atoms with Crippen LogP contribution < -0.4 is 0 Å². The van der Waals surface area contributed by atoms with Gasteiger partial charge in [0.1, 0.15) is 0 Å². The topological polar surface area (TPSA) is 51.6 Å². The summed E-state index contributed by atoms with van der Waals surface area (Å²) in [4.78, 5) is 21.4. The molecule has 0 radical (unpaired) electrons. The summed E-state index contributed by atoms with van der Waals surface area (Å²) in [6.07, 6.45) is 0. The molecule has 0 aliphatic heterocycles. The van der Waals surface area contributed by atoms with Crippen LogP contribution in [0.5, 0.6) is 0 Å². The van der Waals surface area contributed by atoms with Crippen LogP contribution in [0.4, 0.5) is 0 Å². The molecule has 0 spiro atoms. The van der Waals surface area contributed by atoms with Gasteiger partial charge in [-0.25, -0.2) is 19.9 Å². The number of fused-ring (bicyclic) bond motifs is 12. The van der Waals surface area contributed by atoms with E-state index in [2.05, 4.69) is 376 Å². The molecule has 0 aliphatic carbocycles. The van der Waals surface area contributed by atoms with Crippen LogP contribution in [0.1, 0.15) is 0 Å². The van der Waals surface area contributed by atoms with Crippen LogP contribution in [0.2, 0.25) is 0 Å². The molecule has 6 aromatic heterocycles. The summed E-state index contributed by atoms with van der Waals surface area (Å²) in [7, 11) is 0. The lowest BCUT2D eigenvalue weighted by atomic mass is 9.92. The molecule has 0 bridgehead atoms. The SMILES string of the molecule is c1ccc(-c2ccc(-c3cc(-c4ccccc4)nc(-c4cc(-c5ccc6sc7ccccc7c6c5)ccc4-c4ccc5sc6ccccc6c5c4)n3)cc2)cc1.c1ccc(-c2ccc(-c3cc(-c4ccccc4)nc(-c4ccc(-c5ccc6sc7ccccc7c6c5)cc4-c4ccc5sc6ccccc6c5c4)n3)cc2)cc1. The summed E-state index contributed by atoms with van der Waals surface area (Å²) >= 11 is 7.38. The zero-order valence-corrected chi connectivity index (χ0v) is 63.6. The second kappa shape index (κ2) is 28.5. The van der Waals surface area contributed by atoms with E-state index < -0.39 is 0 Å². The molecular formula is C104H64N4S4. The van der Waals surface area contributed by atoms with E-state index in [-0.39, 0.29) is 0 Å². The molecule has 112 heavy (non-hydrogen) atoms. The van der Waals surface area contributed by atoms with Crippen molar-refractivity contribution in [2.24, 2.45) is 0 Å². The van der Waals surface area contributed by atoms with Crippen molar-refractivity contribution in [3.8, 4) is 135 Å². The van der Waals surface area contributed by atoms with Crippen molar-refractivity contribution in [3.05, 3.63) is 388 Å². The van der Waals surface area contributed by atoms with E-state index in [9.17, 15) is 0 Å². The summed E-state index contributed by atoms with van der Waals surface area (Å²) in [5.74, 6) is 1.40. The quantitative estimate of drug-likeness (QED) is 0.122. The van der Waals surface area contributed by atoms with E-state index in [1.54, 1.807) is 0 Å². The summed E-state index contributed by atoms with van der Waals surface area (Å²) in [6.45, 7) is 0. The molecule has 0 atom stereocenters. The Morgan fingerprint density at radius 2 is 0.366 bits per heavy atom. The Bertz CT molecular complexity index is 7350. The zero-order valence-electron chi connectivity index (χ0n) is 60.4. The lowest BCUT2D eigenvalue weighted by Gasteiger charge is -2.15. The van der Waals surface area contributed by atoms with Crippen molar-refractivity contribution in [2.75, 3.05) is 0 Å². The van der Waals surface area contributed by atoms with E-state index in [0.717, 1.165) is 89.5 Å². The Balaban J connectivity index is 0.000000141. The van der Waals surface area contributed by atoms with Crippen LogP contribution >= 0.6 is 45.3 Å². The molecule has 0 amide bonds. The molecule has 0 N–H and O–H groups in total. The van der Waals surface area contributed by atoms with Crippen molar-refractivity contribution < 1.29 is 0 Å². The molecule has 6 heterocycles. The summed E-state index contributed by atoms with van der Waals surface area (Å²) in [6, 6.07) is 140. The third-order valence-corrected chi connectivity index (χ3v) is 26.1. The van der Waals surface area contributed by atoms with Crippen molar-refractivity contribution in [1.82, 2.24) is 19.9 Å². The molecule has 22 rings (SSSR count). The van der Waals surface area contributed by atoms with E-state index in [1.165, 1.54) is 114 Å². The van der Waals surface area contributed by atoms with Crippen LogP contribution in [-0.4, -0.2) is 19.9 Å². The van der Waals surface area contributed by atoms with Crippen molar-refractivity contribution in [3.63, 3.8) is 0 Å². The molecule has 524 valence electrons. The number of hydrogen-bond acceptors (Lipinski definition) is 8. The van der Waals surface area contributed by atoms with Gasteiger partial charge in [0.15, 0.2) is 11.6 Å². The highest BCUT2D eigenvalue weighted by atomic mass is 32.1. The maximum absolute atomic E-state index is 5.40. The zero-order chi connectivity index (χ0) is 74.0. The van der Waals surface area contributed by atoms with E-state index in [1.807, 2.05) is 57.5 Å². The highest BCUT2D eigenvalue weighted by Crippen LogP contribution is 2.46. The fraction of sp³-hybridized carbons (Fsp3) is 0. The third-order valence-electron chi connectivity index (χ3n) is 21.5. The van der Waals surface area contributed by atoms with Gasteiger partial charge >= 0.3 is 0 Å². The smallest absolute Gasteiger partial charge is 0.161 e. The van der Waals surface area contributed by atoms with Gasteiger partial charge < -0.3 is 0 Å². The van der Waals surface area contributed by atoms with Crippen molar-refractivity contribution in [2.45, 2.75) is 0 Å². The van der Waals surface area contributed by atoms with Crippen molar-refractivity contribution in [1.29, 1.82) is 0 Å². The first-order valence-corrected chi connectivity index (χ1v) is 40.9. The van der Waals surface area contributed by atoms with Crippen LogP contribution in [0, 0.1) is 0 Å². The highest BCUT2D eigenvalue weighted by molar-refractivity contribution is 7.27. The van der Waals surface area contributed by atoms with Crippen LogP contribution in [0.3, 0.4) is 0 Å². The van der Waals surface area contributed by atoms with Crippen molar-refractivity contribution >= 4 is 126 Å². The van der Waals surface area contributed by atoms with Gasteiger partial charge in [0.2, 0.25) is 0 Å².